The highest BCUT2D eigenvalue weighted by Crippen LogP contribution is 2.29. The lowest BCUT2D eigenvalue weighted by atomic mass is 9.81. The molecule has 1 aliphatic carbocycles. The molecule has 0 spiro atoms. The van der Waals surface area contributed by atoms with Crippen LogP contribution in [0, 0.1) is 0 Å². The van der Waals surface area contributed by atoms with Gasteiger partial charge in [0.05, 0.1) is 12.2 Å². The minimum Gasteiger partial charge on any atom is -0.381 e. The lowest BCUT2D eigenvalue weighted by molar-refractivity contribution is -0.136. The van der Waals surface area contributed by atoms with Crippen molar-refractivity contribution in [1.82, 2.24) is 15.5 Å². The van der Waals surface area contributed by atoms with Gasteiger partial charge in [-0.3, -0.25) is 19.7 Å². The number of imide groups is 1. The summed E-state index contributed by atoms with van der Waals surface area (Å²) < 4.78 is 11.8. The van der Waals surface area contributed by atoms with Crippen LogP contribution in [0.4, 0.5) is 0 Å². The number of carbonyl (C=O) groups is 3. The van der Waals surface area contributed by atoms with Crippen molar-refractivity contribution in [3.8, 4) is 0 Å². The number of nitrogens with zero attached hydrogens (tertiary/aromatic N) is 1. The molecule has 0 bridgehead atoms. The molecule has 35 heavy (non-hydrogen) atoms. The first-order chi connectivity index (χ1) is 16.9. The van der Waals surface area contributed by atoms with Crippen molar-refractivity contribution in [2.75, 3.05) is 13.7 Å². The molecule has 3 amide bonds. The number of piperidine rings is 1. The average molecular weight is 481 g/mol. The van der Waals surface area contributed by atoms with E-state index in [9.17, 15) is 14.4 Å². The van der Waals surface area contributed by atoms with Crippen molar-refractivity contribution in [2.45, 2.75) is 94.7 Å². The monoisotopic (exact) mass is 481 g/mol. The van der Waals surface area contributed by atoms with Gasteiger partial charge in [-0.15, -0.1) is 0 Å². The summed E-state index contributed by atoms with van der Waals surface area (Å²) in [5.74, 6) is -0.759. The molecular weight excluding hydrogens is 445 g/mol. The molecule has 4 aliphatic rings. The number of fused-ring (bicyclic) bond motifs is 1. The topological polar surface area (TPSA) is 97.0 Å². The molecule has 3 heterocycles. The van der Waals surface area contributed by atoms with Gasteiger partial charge in [0.2, 0.25) is 11.8 Å². The second-order valence-corrected chi connectivity index (χ2v) is 10.5. The number of methoxy groups -OCH3 is 1. The summed E-state index contributed by atoms with van der Waals surface area (Å²) >= 11 is 0. The molecule has 5 rings (SSSR count). The molecule has 1 aromatic rings. The fraction of sp³-hybridized carbons (Fsp3) is 0.654. The highest BCUT2D eigenvalue weighted by atomic mass is 16.5. The van der Waals surface area contributed by atoms with Crippen LogP contribution in [0.5, 0.6) is 0 Å². The van der Waals surface area contributed by atoms with Gasteiger partial charge >= 0.3 is 0 Å². The second kappa shape index (κ2) is 10.4. The lowest BCUT2D eigenvalue weighted by Crippen LogP contribution is -2.52. The summed E-state index contributed by atoms with van der Waals surface area (Å²) in [6.07, 6.45) is 8.61. The van der Waals surface area contributed by atoms with Crippen LogP contribution in [-0.2, 0) is 32.0 Å². The first kappa shape index (κ1) is 24.5. The van der Waals surface area contributed by atoms with E-state index in [1.165, 1.54) is 5.56 Å². The Hall–Kier alpha value is -2.23. The molecule has 0 radical (unpaired) electrons. The molecule has 1 saturated carbocycles. The average Bonchev–Trinajstić information content (AvgIpc) is 3.19. The van der Waals surface area contributed by atoms with Crippen LogP contribution in [0.15, 0.2) is 12.1 Å². The first-order valence-corrected chi connectivity index (χ1v) is 13.1. The number of hydrogen-bond acceptors (Lipinski definition) is 6. The molecule has 2 saturated heterocycles. The van der Waals surface area contributed by atoms with E-state index in [4.69, 9.17) is 9.47 Å². The van der Waals surface area contributed by atoms with E-state index in [1.54, 1.807) is 12.0 Å². The Bertz CT molecular complexity index is 993. The predicted molar refractivity (Wildman–Crippen MR) is 133 cm³/mol. The summed E-state index contributed by atoms with van der Waals surface area (Å²) in [5, 5.41) is 6.27. The quantitative estimate of drug-likeness (QED) is 0.450. The number of hydrogen-bond donors (Lipinski definition) is 2. The van der Waals surface area contributed by atoms with E-state index in [-0.39, 0.29) is 30.2 Å². The van der Waals surface area contributed by atoms with Gasteiger partial charge in [-0.25, -0.2) is 0 Å². The first-order valence-electron chi connectivity index (χ1n) is 13.1. The van der Waals surface area contributed by atoms with Gasteiger partial charge in [-0.2, -0.15) is 0 Å². The van der Waals surface area contributed by atoms with Crippen LogP contribution in [0.2, 0.25) is 0 Å². The van der Waals surface area contributed by atoms with Crippen LogP contribution in [0.3, 0.4) is 0 Å². The van der Waals surface area contributed by atoms with E-state index in [0.717, 1.165) is 62.6 Å². The molecule has 1 aromatic carbocycles. The highest BCUT2D eigenvalue weighted by molar-refractivity contribution is 6.35. The van der Waals surface area contributed by atoms with E-state index in [2.05, 4.69) is 24.5 Å². The Kier molecular flexibility index (Phi) is 7.28. The summed E-state index contributed by atoms with van der Waals surface area (Å²) in [6, 6.07) is 4.21. The molecule has 3 atom stereocenters. The number of nitrogens with one attached hydrogen (secondary N) is 2. The number of amides is 3. The molecule has 2 unspecified atom stereocenters. The predicted octanol–water partition coefficient (Wildman–Crippen LogP) is 0.343. The number of rotatable bonds is 6. The van der Waals surface area contributed by atoms with Gasteiger partial charge in [0.25, 0.3) is 5.91 Å². The third-order valence-corrected chi connectivity index (χ3v) is 8.44. The van der Waals surface area contributed by atoms with Crippen LogP contribution < -0.4 is 16.1 Å². The smallest absolute Gasteiger partial charge is 0.255 e. The molecule has 0 aromatic heterocycles. The molecule has 3 fully saturated rings. The largest absolute Gasteiger partial charge is 0.381 e. The molecule has 9 heteroatoms. The van der Waals surface area contributed by atoms with E-state index < -0.39 is 6.04 Å². The summed E-state index contributed by atoms with van der Waals surface area (Å²) in [6.45, 7) is 1.20. The van der Waals surface area contributed by atoms with Crippen molar-refractivity contribution < 1.29 is 23.9 Å². The van der Waals surface area contributed by atoms with Crippen molar-refractivity contribution in [3.63, 3.8) is 0 Å². The number of ether oxygens (including phenoxy) is 2. The lowest BCUT2D eigenvalue weighted by Gasteiger charge is -2.38. The molecule has 2 N–H and O–H groups in total. The Morgan fingerprint density at radius 2 is 1.94 bits per heavy atom. The Labute approximate surface area is 207 Å². The number of carbonyl (C=O) groups excluding carboxylic acids is 3. The summed E-state index contributed by atoms with van der Waals surface area (Å²) in [5.41, 5.74) is 3.98. The molecule has 188 valence electrons. The molecular formula is C26H36BN3O5. The standard InChI is InChI=1S/C26H36BN3O5/c1-34-17-7-5-16(6-8-17)28-20-3-2-12-35-22(20)13-15-4-9-18-19(24(15)27)14-30(26(18)33)21-10-11-23(31)29-25(21)32/h4,9,16-17,20-22,28H,2-3,5-8,10-14,27H2,1H3,(H,29,31,32)/t16?,17?,20?,21?,22-/m1/s1. The van der Waals surface area contributed by atoms with Gasteiger partial charge in [0.15, 0.2) is 0 Å². The van der Waals surface area contributed by atoms with E-state index >= 15 is 0 Å². The summed E-state index contributed by atoms with van der Waals surface area (Å²) in [7, 11) is 3.88. The molecule has 3 aliphatic heterocycles. The van der Waals surface area contributed by atoms with Gasteiger partial charge in [-0.1, -0.05) is 17.1 Å². The zero-order valence-corrected chi connectivity index (χ0v) is 20.8. The van der Waals surface area contributed by atoms with Crippen LogP contribution in [0.25, 0.3) is 0 Å². The Morgan fingerprint density at radius 1 is 1.14 bits per heavy atom. The maximum absolute atomic E-state index is 13.1. The van der Waals surface area contributed by atoms with Crippen LogP contribution >= 0.6 is 0 Å². The zero-order chi connectivity index (χ0) is 24.5. The van der Waals surface area contributed by atoms with Gasteiger partial charge < -0.3 is 19.7 Å². The summed E-state index contributed by atoms with van der Waals surface area (Å²) in [4.78, 5) is 38.7. The fourth-order valence-electron chi connectivity index (χ4n) is 6.28. The minimum atomic E-state index is -0.584. The van der Waals surface area contributed by atoms with E-state index in [1.807, 2.05) is 6.07 Å². The van der Waals surface area contributed by atoms with E-state index in [0.29, 0.717) is 36.7 Å². The second-order valence-electron chi connectivity index (χ2n) is 10.5. The fourth-order valence-corrected chi connectivity index (χ4v) is 6.28. The minimum absolute atomic E-state index is 0.101. The third-order valence-electron chi connectivity index (χ3n) is 8.44. The number of benzene rings is 1. The maximum Gasteiger partial charge on any atom is 0.255 e. The maximum atomic E-state index is 13.1. The van der Waals surface area contributed by atoms with Crippen LogP contribution in [0.1, 0.15) is 72.9 Å². The Balaban J connectivity index is 1.27. The van der Waals surface area contributed by atoms with Gasteiger partial charge in [0, 0.05) is 44.3 Å². The third kappa shape index (κ3) is 5.04. The normalized spacial score (nSPS) is 31.4. The Morgan fingerprint density at radius 3 is 2.69 bits per heavy atom. The SMILES string of the molecule is Bc1c(C[C@H]2OCCCC2NC2CCC(OC)CC2)ccc2c1CN(C1CCC(=O)NC1=O)C2=O. The van der Waals surface area contributed by atoms with Crippen molar-refractivity contribution in [2.24, 2.45) is 0 Å². The van der Waals surface area contributed by atoms with Gasteiger partial charge in [0.1, 0.15) is 13.9 Å². The highest BCUT2D eigenvalue weighted by Gasteiger charge is 2.40. The molecule has 8 nitrogen and oxygen atoms in total. The van der Waals surface area contributed by atoms with Crippen molar-refractivity contribution >= 4 is 31.0 Å². The van der Waals surface area contributed by atoms with Crippen molar-refractivity contribution in [1.29, 1.82) is 0 Å². The zero-order valence-electron chi connectivity index (χ0n) is 20.8. The van der Waals surface area contributed by atoms with Crippen LogP contribution in [-0.4, -0.2) is 74.5 Å². The van der Waals surface area contributed by atoms with Gasteiger partial charge in [-0.05, 0) is 63.0 Å². The van der Waals surface area contributed by atoms with Crippen molar-refractivity contribution in [3.05, 3.63) is 28.8 Å².